The van der Waals surface area contributed by atoms with Crippen molar-refractivity contribution in [2.24, 2.45) is 0 Å². The number of pyridine rings is 1. The molecule has 0 bridgehead atoms. The number of anilines is 1. The van der Waals surface area contributed by atoms with Crippen LogP contribution in [0.1, 0.15) is 18.4 Å². The SMILES string of the molecule is Nc1cc(CCC2CN(C(=O)CCn3ccnc3)CCO2)ccn1. The molecule has 128 valence electrons. The van der Waals surface area contributed by atoms with Crippen molar-refractivity contribution < 1.29 is 9.53 Å². The van der Waals surface area contributed by atoms with Gasteiger partial charge in [0.1, 0.15) is 5.82 Å². The Bertz CT molecular complexity index is 659. The van der Waals surface area contributed by atoms with Gasteiger partial charge in [-0.1, -0.05) is 0 Å². The molecule has 0 saturated carbocycles. The van der Waals surface area contributed by atoms with Gasteiger partial charge in [0.05, 0.1) is 19.0 Å². The van der Waals surface area contributed by atoms with Gasteiger partial charge in [0.2, 0.25) is 5.91 Å². The minimum Gasteiger partial charge on any atom is -0.384 e. The molecule has 1 aliphatic heterocycles. The summed E-state index contributed by atoms with van der Waals surface area (Å²) >= 11 is 0. The standard InChI is InChI=1S/C17H23N5O2/c18-16-11-14(3-5-20-16)1-2-15-12-22(9-10-24-15)17(23)4-7-21-8-6-19-13-21/h3,5-6,8,11,13,15H,1-2,4,7,9-10,12H2,(H2,18,20). The van der Waals surface area contributed by atoms with Crippen LogP contribution in [0.4, 0.5) is 5.82 Å². The van der Waals surface area contributed by atoms with Crippen LogP contribution in [-0.4, -0.2) is 51.1 Å². The molecular formula is C17H23N5O2. The predicted octanol–water partition coefficient (Wildman–Crippen LogP) is 1.11. The topological polar surface area (TPSA) is 86.3 Å². The summed E-state index contributed by atoms with van der Waals surface area (Å²) in [5.74, 6) is 0.707. The quantitative estimate of drug-likeness (QED) is 0.858. The normalized spacial score (nSPS) is 17.8. The fourth-order valence-corrected chi connectivity index (χ4v) is 2.90. The molecule has 2 aromatic heterocycles. The van der Waals surface area contributed by atoms with E-state index in [0.717, 1.165) is 18.4 Å². The first kappa shape index (κ1) is 16.4. The fourth-order valence-electron chi connectivity index (χ4n) is 2.90. The van der Waals surface area contributed by atoms with Gasteiger partial charge >= 0.3 is 0 Å². The Labute approximate surface area is 141 Å². The second-order valence-corrected chi connectivity index (χ2v) is 6.01. The van der Waals surface area contributed by atoms with Crippen molar-refractivity contribution in [3.8, 4) is 0 Å². The van der Waals surface area contributed by atoms with Gasteiger partial charge in [-0.3, -0.25) is 4.79 Å². The third-order valence-electron chi connectivity index (χ3n) is 4.24. The first-order valence-corrected chi connectivity index (χ1v) is 8.26. The van der Waals surface area contributed by atoms with Gasteiger partial charge in [-0.25, -0.2) is 9.97 Å². The third kappa shape index (κ3) is 4.55. The second kappa shape index (κ2) is 7.92. The first-order chi connectivity index (χ1) is 11.7. The summed E-state index contributed by atoms with van der Waals surface area (Å²) in [5, 5.41) is 0. The summed E-state index contributed by atoms with van der Waals surface area (Å²) in [5.41, 5.74) is 6.85. The summed E-state index contributed by atoms with van der Waals surface area (Å²) in [6.07, 6.45) is 9.35. The molecular weight excluding hydrogens is 306 g/mol. The number of carbonyl (C=O) groups excluding carboxylic acids is 1. The average Bonchev–Trinajstić information content (AvgIpc) is 3.12. The molecule has 1 amide bonds. The summed E-state index contributed by atoms with van der Waals surface area (Å²) in [6, 6.07) is 3.85. The van der Waals surface area contributed by atoms with Gasteiger partial charge in [0.15, 0.2) is 0 Å². The van der Waals surface area contributed by atoms with Gasteiger partial charge in [-0.05, 0) is 30.5 Å². The summed E-state index contributed by atoms with van der Waals surface area (Å²) in [4.78, 5) is 22.3. The molecule has 7 heteroatoms. The molecule has 1 fully saturated rings. The van der Waals surface area contributed by atoms with E-state index in [-0.39, 0.29) is 12.0 Å². The highest BCUT2D eigenvalue weighted by atomic mass is 16.5. The number of morpholine rings is 1. The Morgan fingerprint density at radius 3 is 3.12 bits per heavy atom. The largest absolute Gasteiger partial charge is 0.384 e. The monoisotopic (exact) mass is 329 g/mol. The number of aryl methyl sites for hydroxylation is 2. The predicted molar refractivity (Wildman–Crippen MR) is 90.1 cm³/mol. The maximum atomic E-state index is 12.4. The molecule has 1 unspecified atom stereocenters. The zero-order valence-electron chi connectivity index (χ0n) is 13.7. The van der Waals surface area contributed by atoms with E-state index in [2.05, 4.69) is 9.97 Å². The molecule has 0 radical (unpaired) electrons. The molecule has 3 rings (SSSR count). The number of nitrogens with zero attached hydrogens (tertiary/aromatic N) is 4. The molecule has 0 aliphatic carbocycles. The van der Waals surface area contributed by atoms with Gasteiger partial charge in [-0.15, -0.1) is 0 Å². The van der Waals surface area contributed by atoms with Crippen molar-refractivity contribution in [2.45, 2.75) is 31.9 Å². The van der Waals surface area contributed by atoms with E-state index in [1.807, 2.05) is 27.8 Å². The van der Waals surface area contributed by atoms with E-state index in [4.69, 9.17) is 10.5 Å². The van der Waals surface area contributed by atoms with Crippen LogP contribution in [0, 0.1) is 0 Å². The molecule has 1 atom stereocenters. The van der Waals surface area contributed by atoms with E-state index in [1.165, 1.54) is 0 Å². The Hall–Kier alpha value is -2.41. The number of nitrogen functional groups attached to an aromatic ring is 1. The van der Waals surface area contributed by atoms with E-state index in [9.17, 15) is 4.79 Å². The van der Waals surface area contributed by atoms with E-state index < -0.39 is 0 Å². The van der Waals surface area contributed by atoms with Crippen molar-refractivity contribution in [1.82, 2.24) is 19.4 Å². The van der Waals surface area contributed by atoms with Crippen LogP contribution in [-0.2, 0) is 22.5 Å². The van der Waals surface area contributed by atoms with E-state index in [0.29, 0.717) is 38.5 Å². The van der Waals surface area contributed by atoms with Crippen molar-refractivity contribution in [3.05, 3.63) is 42.6 Å². The number of ether oxygens (including phenoxy) is 1. The van der Waals surface area contributed by atoms with Crippen molar-refractivity contribution in [3.63, 3.8) is 0 Å². The highest BCUT2D eigenvalue weighted by Gasteiger charge is 2.23. The molecule has 1 aliphatic rings. The lowest BCUT2D eigenvalue weighted by Gasteiger charge is -2.33. The zero-order valence-corrected chi connectivity index (χ0v) is 13.7. The summed E-state index contributed by atoms with van der Waals surface area (Å²) < 4.78 is 7.73. The van der Waals surface area contributed by atoms with Gasteiger partial charge in [-0.2, -0.15) is 0 Å². The maximum Gasteiger partial charge on any atom is 0.224 e. The van der Waals surface area contributed by atoms with Crippen molar-refractivity contribution >= 4 is 11.7 Å². The Morgan fingerprint density at radius 2 is 2.33 bits per heavy atom. The van der Waals surface area contributed by atoms with Crippen LogP contribution in [0.3, 0.4) is 0 Å². The molecule has 1 saturated heterocycles. The average molecular weight is 329 g/mol. The van der Waals surface area contributed by atoms with Crippen LogP contribution >= 0.6 is 0 Å². The Kier molecular flexibility index (Phi) is 5.43. The number of aromatic nitrogens is 3. The number of rotatable bonds is 6. The van der Waals surface area contributed by atoms with Crippen LogP contribution in [0.15, 0.2) is 37.1 Å². The van der Waals surface area contributed by atoms with E-state index >= 15 is 0 Å². The van der Waals surface area contributed by atoms with Crippen LogP contribution < -0.4 is 5.73 Å². The lowest BCUT2D eigenvalue weighted by Crippen LogP contribution is -2.45. The lowest BCUT2D eigenvalue weighted by atomic mass is 10.1. The number of imidazole rings is 1. The van der Waals surface area contributed by atoms with E-state index in [1.54, 1.807) is 18.7 Å². The number of carbonyl (C=O) groups is 1. The molecule has 24 heavy (non-hydrogen) atoms. The summed E-state index contributed by atoms with van der Waals surface area (Å²) in [7, 11) is 0. The lowest BCUT2D eigenvalue weighted by molar-refractivity contribution is -0.139. The molecule has 7 nitrogen and oxygen atoms in total. The maximum absolute atomic E-state index is 12.4. The number of hydrogen-bond donors (Lipinski definition) is 1. The van der Waals surface area contributed by atoms with Crippen LogP contribution in [0.25, 0.3) is 0 Å². The number of nitrogens with two attached hydrogens (primary N) is 1. The van der Waals surface area contributed by atoms with Crippen molar-refractivity contribution in [1.29, 1.82) is 0 Å². The van der Waals surface area contributed by atoms with Gasteiger partial charge in [0, 0.05) is 44.6 Å². The Balaban J connectivity index is 1.46. The molecule has 2 aromatic rings. The fraction of sp³-hybridized carbons (Fsp3) is 0.471. The van der Waals surface area contributed by atoms with Crippen molar-refractivity contribution in [2.75, 3.05) is 25.4 Å². The highest BCUT2D eigenvalue weighted by Crippen LogP contribution is 2.14. The second-order valence-electron chi connectivity index (χ2n) is 6.01. The molecule has 3 heterocycles. The highest BCUT2D eigenvalue weighted by molar-refractivity contribution is 5.76. The Morgan fingerprint density at radius 1 is 1.42 bits per heavy atom. The molecule has 0 aromatic carbocycles. The van der Waals surface area contributed by atoms with Crippen LogP contribution in [0.5, 0.6) is 0 Å². The third-order valence-corrected chi connectivity index (χ3v) is 4.24. The van der Waals surface area contributed by atoms with Gasteiger partial charge < -0.3 is 19.9 Å². The zero-order chi connectivity index (χ0) is 16.8. The minimum absolute atomic E-state index is 0.0744. The smallest absolute Gasteiger partial charge is 0.224 e. The minimum atomic E-state index is 0.0744. The molecule has 2 N–H and O–H groups in total. The number of hydrogen-bond acceptors (Lipinski definition) is 5. The molecule has 0 spiro atoms. The van der Waals surface area contributed by atoms with Crippen LogP contribution in [0.2, 0.25) is 0 Å². The number of amides is 1. The van der Waals surface area contributed by atoms with Gasteiger partial charge in [0.25, 0.3) is 0 Å². The first-order valence-electron chi connectivity index (χ1n) is 8.26. The summed E-state index contributed by atoms with van der Waals surface area (Å²) in [6.45, 7) is 2.59.